The van der Waals surface area contributed by atoms with Gasteiger partial charge in [-0.2, -0.15) is 0 Å². The van der Waals surface area contributed by atoms with Gasteiger partial charge in [0.05, 0.1) is 7.11 Å². The lowest BCUT2D eigenvalue weighted by Gasteiger charge is -2.04. The molecule has 0 fully saturated rings. The molecule has 0 aliphatic carbocycles. The van der Waals surface area contributed by atoms with E-state index in [1.807, 2.05) is 48.6 Å². The van der Waals surface area contributed by atoms with Crippen LogP contribution in [0.25, 0.3) is 6.08 Å². The molecule has 0 aliphatic rings. The summed E-state index contributed by atoms with van der Waals surface area (Å²) in [7, 11) is 1.69. The van der Waals surface area contributed by atoms with Gasteiger partial charge in [-0.25, -0.2) is 0 Å². The molecule has 0 aliphatic heterocycles. The molecule has 2 aromatic rings. The van der Waals surface area contributed by atoms with Gasteiger partial charge in [-0.15, -0.1) is 0 Å². The Kier molecular flexibility index (Phi) is 5.32. The molecule has 0 bridgehead atoms. The lowest BCUT2D eigenvalue weighted by molar-refractivity contribution is 0.325. The Morgan fingerprint density at radius 3 is 2.21 bits per heavy atom. The van der Waals surface area contributed by atoms with Crippen molar-refractivity contribution in [2.45, 2.75) is 4.90 Å². The van der Waals surface area contributed by atoms with E-state index in [9.17, 15) is 0 Å². The van der Waals surface area contributed by atoms with Crippen LogP contribution >= 0.6 is 11.8 Å². The monoisotopic (exact) mass is 268 g/mol. The third kappa shape index (κ3) is 4.68. The van der Waals surface area contributed by atoms with E-state index in [1.165, 1.54) is 10.5 Å². The zero-order valence-corrected chi connectivity index (χ0v) is 11.6. The second-order valence-electron chi connectivity index (χ2n) is 3.87. The number of allylic oxidation sites excluding steroid dienone is 2. The van der Waals surface area contributed by atoms with E-state index >= 15 is 0 Å². The van der Waals surface area contributed by atoms with Gasteiger partial charge < -0.3 is 4.74 Å². The first-order chi connectivity index (χ1) is 9.38. The van der Waals surface area contributed by atoms with Crippen molar-refractivity contribution in [3.63, 3.8) is 0 Å². The second-order valence-corrected chi connectivity index (χ2v) is 4.95. The minimum absolute atomic E-state index is 0.874. The zero-order valence-electron chi connectivity index (χ0n) is 10.8. The van der Waals surface area contributed by atoms with Crippen molar-refractivity contribution >= 4 is 17.8 Å². The lowest BCUT2D eigenvalue weighted by Crippen LogP contribution is -1.80. The molecule has 19 heavy (non-hydrogen) atoms. The smallest absolute Gasteiger partial charge is 0.157 e. The summed E-state index contributed by atoms with van der Waals surface area (Å²) in [5.74, 6) is 0. The first-order valence-electron chi connectivity index (χ1n) is 6.09. The highest BCUT2D eigenvalue weighted by Crippen LogP contribution is 2.26. The zero-order chi connectivity index (χ0) is 13.3. The van der Waals surface area contributed by atoms with E-state index < -0.39 is 0 Å². The van der Waals surface area contributed by atoms with Gasteiger partial charge >= 0.3 is 0 Å². The van der Waals surface area contributed by atoms with Crippen LogP contribution in [0, 0.1) is 0 Å². The molecular formula is C17H16OS. The first kappa shape index (κ1) is 13.5. The van der Waals surface area contributed by atoms with Crippen LogP contribution in [0.4, 0.5) is 0 Å². The van der Waals surface area contributed by atoms with Crippen molar-refractivity contribution in [2.24, 2.45) is 0 Å². The summed E-state index contributed by atoms with van der Waals surface area (Å²) in [5, 5.41) is 0.874. The van der Waals surface area contributed by atoms with Crippen molar-refractivity contribution in [3.05, 3.63) is 83.5 Å². The van der Waals surface area contributed by atoms with Crippen LogP contribution in [0.5, 0.6) is 0 Å². The van der Waals surface area contributed by atoms with Gasteiger partial charge in [0.15, 0.2) is 5.09 Å². The van der Waals surface area contributed by atoms with E-state index in [0.717, 1.165) is 5.09 Å². The van der Waals surface area contributed by atoms with E-state index in [2.05, 4.69) is 30.3 Å². The Labute approximate surface area is 118 Å². The number of rotatable bonds is 5. The highest BCUT2D eigenvalue weighted by atomic mass is 32.2. The summed E-state index contributed by atoms with van der Waals surface area (Å²) >= 11 is 1.61. The van der Waals surface area contributed by atoms with Gasteiger partial charge in [-0.1, -0.05) is 72.4 Å². The standard InChI is InChI=1S/C17H16OS/c1-18-17(19-16-12-6-3-7-13-16)14-8-11-15-9-4-2-5-10-15/h2-14H,1H3. The molecule has 2 rings (SSSR count). The summed E-state index contributed by atoms with van der Waals surface area (Å²) < 4.78 is 5.37. The molecule has 0 unspecified atom stereocenters. The molecule has 0 N–H and O–H groups in total. The normalized spacial score (nSPS) is 11.7. The fourth-order valence-electron chi connectivity index (χ4n) is 1.55. The van der Waals surface area contributed by atoms with E-state index in [1.54, 1.807) is 18.9 Å². The maximum atomic E-state index is 5.37. The predicted octanol–water partition coefficient (Wildman–Crippen LogP) is 4.98. The molecule has 0 amide bonds. The summed E-state index contributed by atoms with van der Waals surface area (Å²) in [6.07, 6.45) is 6.04. The number of hydrogen-bond donors (Lipinski definition) is 0. The van der Waals surface area contributed by atoms with Crippen molar-refractivity contribution < 1.29 is 4.74 Å². The molecule has 0 heterocycles. The average Bonchev–Trinajstić information content (AvgIpc) is 2.48. The Morgan fingerprint density at radius 1 is 0.947 bits per heavy atom. The largest absolute Gasteiger partial charge is 0.490 e. The lowest BCUT2D eigenvalue weighted by atomic mass is 10.2. The SMILES string of the molecule is COC(=CC=Cc1ccccc1)Sc1ccccc1. The van der Waals surface area contributed by atoms with Crippen LogP contribution in [0.1, 0.15) is 5.56 Å². The molecule has 96 valence electrons. The number of hydrogen-bond acceptors (Lipinski definition) is 2. The van der Waals surface area contributed by atoms with E-state index in [4.69, 9.17) is 4.74 Å². The average molecular weight is 268 g/mol. The summed E-state index contributed by atoms with van der Waals surface area (Å²) in [6.45, 7) is 0. The first-order valence-corrected chi connectivity index (χ1v) is 6.90. The van der Waals surface area contributed by atoms with Crippen LogP contribution in [-0.4, -0.2) is 7.11 Å². The van der Waals surface area contributed by atoms with E-state index in [0.29, 0.717) is 0 Å². The minimum Gasteiger partial charge on any atom is -0.490 e. The molecule has 1 nitrogen and oxygen atoms in total. The summed E-state index contributed by atoms with van der Waals surface area (Å²) in [4.78, 5) is 1.17. The van der Waals surface area contributed by atoms with Gasteiger partial charge in [0.2, 0.25) is 0 Å². The topological polar surface area (TPSA) is 9.23 Å². The van der Waals surface area contributed by atoms with Gasteiger partial charge in [-0.3, -0.25) is 0 Å². The molecule has 0 radical (unpaired) electrons. The molecule has 0 saturated carbocycles. The Bertz CT molecular complexity index is 544. The molecule has 0 atom stereocenters. The van der Waals surface area contributed by atoms with Gasteiger partial charge in [0.25, 0.3) is 0 Å². The van der Waals surface area contributed by atoms with Crippen molar-refractivity contribution in [3.8, 4) is 0 Å². The highest BCUT2D eigenvalue weighted by molar-refractivity contribution is 8.02. The third-order valence-electron chi connectivity index (χ3n) is 2.48. The number of methoxy groups -OCH3 is 1. The molecule has 0 spiro atoms. The van der Waals surface area contributed by atoms with Crippen molar-refractivity contribution in [2.75, 3.05) is 7.11 Å². The highest BCUT2D eigenvalue weighted by Gasteiger charge is 1.97. The maximum Gasteiger partial charge on any atom is 0.157 e. The van der Waals surface area contributed by atoms with Gasteiger partial charge in [-0.05, 0) is 23.8 Å². The Balaban J connectivity index is 2.02. The molecule has 0 saturated heterocycles. The predicted molar refractivity (Wildman–Crippen MR) is 82.9 cm³/mol. The van der Waals surface area contributed by atoms with E-state index in [-0.39, 0.29) is 0 Å². The number of ether oxygens (including phenoxy) is 1. The van der Waals surface area contributed by atoms with Crippen LogP contribution in [0.15, 0.2) is 82.8 Å². The van der Waals surface area contributed by atoms with Crippen LogP contribution in [0.3, 0.4) is 0 Å². The second kappa shape index (κ2) is 7.49. The summed E-state index contributed by atoms with van der Waals surface area (Å²) in [5.41, 5.74) is 1.18. The molecule has 2 heteroatoms. The molecular weight excluding hydrogens is 252 g/mol. The Morgan fingerprint density at radius 2 is 1.58 bits per heavy atom. The minimum atomic E-state index is 0.874. The van der Waals surface area contributed by atoms with Gasteiger partial charge in [0, 0.05) is 4.90 Å². The van der Waals surface area contributed by atoms with Crippen LogP contribution in [-0.2, 0) is 4.74 Å². The summed E-state index contributed by atoms with van der Waals surface area (Å²) in [6, 6.07) is 20.4. The van der Waals surface area contributed by atoms with Crippen LogP contribution in [0.2, 0.25) is 0 Å². The van der Waals surface area contributed by atoms with Crippen molar-refractivity contribution in [1.29, 1.82) is 0 Å². The number of thioether (sulfide) groups is 1. The molecule has 2 aromatic carbocycles. The van der Waals surface area contributed by atoms with Crippen LogP contribution < -0.4 is 0 Å². The quantitative estimate of drug-likeness (QED) is 0.429. The Hall–Kier alpha value is -1.93. The maximum absolute atomic E-state index is 5.37. The fraction of sp³-hybridized carbons (Fsp3) is 0.0588. The fourth-order valence-corrected chi connectivity index (χ4v) is 2.31. The third-order valence-corrected chi connectivity index (χ3v) is 3.50. The number of benzene rings is 2. The van der Waals surface area contributed by atoms with Crippen molar-refractivity contribution in [1.82, 2.24) is 0 Å². The molecule has 0 aromatic heterocycles. The van der Waals surface area contributed by atoms with Gasteiger partial charge in [0.1, 0.15) is 0 Å².